The number of fused-ring (bicyclic) bond motifs is 7. The van der Waals surface area contributed by atoms with Crippen LogP contribution in [0, 0.1) is 0 Å². The molecule has 0 N–H and O–H groups in total. The highest BCUT2D eigenvalue weighted by Crippen LogP contribution is 2.51. The van der Waals surface area contributed by atoms with E-state index in [1.807, 2.05) is 55.8 Å². The second-order valence-corrected chi connectivity index (χ2v) is 9.91. The Hall–Kier alpha value is -3.26. The molecule has 0 bridgehead atoms. The van der Waals surface area contributed by atoms with Gasteiger partial charge < -0.3 is 23.5 Å². The summed E-state index contributed by atoms with van der Waals surface area (Å²) in [5, 5.41) is 2.93. The molecule has 6 rings (SSSR count). The first kappa shape index (κ1) is 20.4. The minimum absolute atomic E-state index is 0.161. The van der Waals surface area contributed by atoms with Crippen LogP contribution in [0.25, 0.3) is 32.6 Å². The smallest absolute Gasteiger partial charge is 0.496 e. The molecule has 1 saturated heterocycles. The van der Waals surface area contributed by atoms with Gasteiger partial charge in [-0.2, -0.15) is 0 Å². The fourth-order valence-electron chi connectivity index (χ4n) is 5.11. The van der Waals surface area contributed by atoms with Crippen LogP contribution in [0.5, 0.6) is 11.5 Å². The zero-order valence-electron chi connectivity index (χ0n) is 18.4. The number of hydrogen-bond donors (Lipinski definition) is 0. The van der Waals surface area contributed by atoms with Crippen LogP contribution in [0.4, 0.5) is 4.79 Å². The molecule has 4 aromatic rings. The van der Waals surface area contributed by atoms with Gasteiger partial charge in [-0.1, -0.05) is 22.0 Å². The highest BCUT2D eigenvalue weighted by Gasteiger charge is 2.54. The van der Waals surface area contributed by atoms with Crippen molar-refractivity contribution in [3.8, 4) is 11.5 Å². The molecule has 3 heterocycles. The van der Waals surface area contributed by atoms with E-state index in [4.69, 9.17) is 18.9 Å². The van der Waals surface area contributed by atoms with Gasteiger partial charge in [0.2, 0.25) is 5.43 Å². The van der Waals surface area contributed by atoms with Crippen molar-refractivity contribution < 1.29 is 23.7 Å². The number of halogens is 1. The predicted octanol–water partition coefficient (Wildman–Crippen LogP) is 5.36. The second kappa shape index (κ2) is 6.63. The zero-order valence-corrected chi connectivity index (χ0v) is 20.0. The number of carbonyl (C=O) groups is 1. The van der Waals surface area contributed by atoms with Crippen molar-refractivity contribution in [1.82, 2.24) is 4.57 Å². The number of hydrogen-bond acceptors (Lipinski definition) is 6. The highest BCUT2D eigenvalue weighted by molar-refractivity contribution is 9.10. The van der Waals surface area contributed by atoms with Crippen LogP contribution in [0.2, 0.25) is 0 Å². The normalized spacial score (nSPS) is 20.8. The van der Waals surface area contributed by atoms with Gasteiger partial charge in [-0.3, -0.25) is 4.79 Å². The average molecular weight is 510 g/mol. The van der Waals surface area contributed by atoms with E-state index in [2.05, 4.69) is 15.9 Å². The standard InChI is InChI=1S/C25H20BrNO6/c1-25(2)23-22(31-24(29)32-23)19-17(33-25)10-16(30-4)18-20(19)27(3)15-9-11-5-6-13(26)7-12(11)8-14(15)21(18)28/h5-10,22-23H,1-4H3/t22-,23?/m1/s1. The average Bonchev–Trinajstić information content (AvgIpc) is 3.17. The molecule has 0 spiro atoms. The molecular formula is C25H20BrNO6. The Labute approximate surface area is 196 Å². The van der Waals surface area contributed by atoms with Crippen LogP contribution < -0.4 is 14.9 Å². The number of pyridine rings is 1. The summed E-state index contributed by atoms with van der Waals surface area (Å²) in [6, 6.07) is 11.5. The second-order valence-electron chi connectivity index (χ2n) is 9.00. The molecule has 0 saturated carbocycles. The Morgan fingerprint density at radius 2 is 1.85 bits per heavy atom. The van der Waals surface area contributed by atoms with Gasteiger partial charge in [0.25, 0.3) is 0 Å². The fourth-order valence-corrected chi connectivity index (χ4v) is 5.49. The van der Waals surface area contributed by atoms with E-state index in [0.717, 1.165) is 20.8 Å². The molecule has 168 valence electrons. The van der Waals surface area contributed by atoms with Gasteiger partial charge in [-0.05, 0) is 48.9 Å². The third-order valence-electron chi connectivity index (χ3n) is 6.64. The first-order chi connectivity index (χ1) is 15.7. The molecule has 0 aliphatic carbocycles. The molecule has 0 radical (unpaired) electrons. The Bertz CT molecular complexity index is 1590. The lowest BCUT2D eigenvalue weighted by Crippen LogP contribution is -2.48. The van der Waals surface area contributed by atoms with Crippen molar-refractivity contribution in [2.75, 3.05) is 7.11 Å². The molecule has 1 unspecified atom stereocenters. The van der Waals surface area contributed by atoms with Crippen LogP contribution in [0.3, 0.4) is 0 Å². The summed E-state index contributed by atoms with van der Waals surface area (Å²) >= 11 is 3.50. The van der Waals surface area contributed by atoms with Gasteiger partial charge in [-0.25, -0.2) is 4.79 Å². The number of aromatic nitrogens is 1. The summed E-state index contributed by atoms with van der Waals surface area (Å²) in [6.45, 7) is 3.69. The monoisotopic (exact) mass is 509 g/mol. The Kier molecular flexibility index (Phi) is 4.09. The maximum absolute atomic E-state index is 13.8. The third kappa shape index (κ3) is 2.73. The van der Waals surface area contributed by atoms with Crippen LogP contribution in [0.1, 0.15) is 25.5 Å². The minimum Gasteiger partial charge on any atom is -0.496 e. The molecule has 0 amide bonds. The Morgan fingerprint density at radius 1 is 1.06 bits per heavy atom. The molecule has 33 heavy (non-hydrogen) atoms. The number of carbonyl (C=O) groups excluding carboxylic acids is 1. The number of benzene rings is 3. The van der Waals surface area contributed by atoms with Gasteiger partial charge in [0.15, 0.2) is 12.2 Å². The summed E-state index contributed by atoms with van der Waals surface area (Å²) in [4.78, 5) is 25.9. The molecule has 8 heteroatoms. The molecule has 2 atom stereocenters. The maximum atomic E-state index is 13.8. The van der Waals surface area contributed by atoms with E-state index in [-0.39, 0.29) is 5.43 Å². The summed E-state index contributed by atoms with van der Waals surface area (Å²) in [7, 11) is 3.42. The van der Waals surface area contributed by atoms with Crippen molar-refractivity contribution in [1.29, 1.82) is 0 Å². The van der Waals surface area contributed by atoms with E-state index < -0.39 is 24.0 Å². The first-order valence-corrected chi connectivity index (χ1v) is 11.3. The summed E-state index contributed by atoms with van der Waals surface area (Å²) < 4.78 is 25.8. The van der Waals surface area contributed by atoms with Gasteiger partial charge in [0.05, 0.1) is 29.1 Å². The SMILES string of the molecule is COc1cc2c(c3c1c(=O)c1cc4cc(Br)ccc4cc1n3C)[C@H]1OC(=O)OC1C(C)(C)O2. The van der Waals surface area contributed by atoms with Crippen molar-refractivity contribution in [3.05, 3.63) is 56.7 Å². The topological polar surface area (TPSA) is 76.0 Å². The minimum atomic E-state index is -0.818. The van der Waals surface area contributed by atoms with Crippen molar-refractivity contribution in [2.45, 2.75) is 31.7 Å². The van der Waals surface area contributed by atoms with Gasteiger partial charge in [0.1, 0.15) is 17.1 Å². The third-order valence-corrected chi connectivity index (χ3v) is 7.13. The zero-order chi connectivity index (χ0) is 23.2. The predicted molar refractivity (Wildman–Crippen MR) is 127 cm³/mol. The molecule has 7 nitrogen and oxygen atoms in total. The number of methoxy groups -OCH3 is 1. The molecular weight excluding hydrogens is 490 g/mol. The molecule has 2 aliphatic heterocycles. The Balaban J connectivity index is 1.80. The number of nitrogens with zero attached hydrogens (tertiary/aromatic N) is 1. The first-order valence-electron chi connectivity index (χ1n) is 10.5. The lowest BCUT2D eigenvalue weighted by atomic mass is 9.86. The number of ether oxygens (including phenoxy) is 4. The lowest BCUT2D eigenvalue weighted by molar-refractivity contribution is -0.0499. The van der Waals surface area contributed by atoms with Crippen molar-refractivity contribution in [3.63, 3.8) is 0 Å². The number of rotatable bonds is 1. The summed E-state index contributed by atoms with van der Waals surface area (Å²) in [5.74, 6) is 0.906. The summed E-state index contributed by atoms with van der Waals surface area (Å²) in [6.07, 6.45) is -2.10. The fraction of sp³-hybridized carbons (Fsp3) is 0.280. The van der Waals surface area contributed by atoms with Gasteiger partial charge >= 0.3 is 6.16 Å². The lowest BCUT2D eigenvalue weighted by Gasteiger charge is -2.39. The van der Waals surface area contributed by atoms with E-state index in [0.29, 0.717) is 33.4 Å². The van der Waals surface area contributed by atoms with Crippen LogP contribution in [0.15, 0.2) is 45.7 Å². The van der Waals surface area contributed by atoms with Crippen molar-refractivity contribution in [2.24, 2.45) is 7.05 Å². The van der Waals surface area contributed by atoms with Crippen molar-refractivity contribution >= 4 is 54.7 Å². The van der Waals surface area contributed by atoms with E-state index in [1.54, 1.807) is 6.07 Å². The maximum Gasteiger partial charge on any atom is 0.509 e. The van der Waals surface area contributed by atoms with E-state index in [9.17, 15) is 9.59 Å². The van der Waals surface area contributed by atoms with E-state index in [1.165, 1.54) is 7.11 Å². The highest BCUT2D eigenvalue weighted by atomic mass is 79.9. The quantitative estimate of drug-likeness (QED) is 0.254. The Morgan fingerprint density at radius 3 is 2.61 bits per heavy atom. The largest absolute Gasteiger partial charge is 0.509 e. The van der Waals surface area contributed by atoms with Gasteiger partial charge in [0, 0.05) is 23.0 Å². The summed E-state index contributed by atoms with van der Waals surface area (Å²) in [5.41, 5.74) is 0.984. The van der Waals surface area contributed by atoms with E-state index >= 15 is 0 Å². The molecule has 3 aromatic carbocycles. The number of aryl methyl sites for hydroxylation is 1. The molecule has 1 aromatic heterocycles. The molecule has 1 fully saturated rings. The van der Waals surface area contributed by atoms with Gasteiger partial charge in [-0.15, -0.1) is 0 Å². The van der Waals surface area contributed by atoms with Crippen LogP contribution in [-0.4, -0.2) is 29.5 Å². The van der Waals surface area contributed by atoms with Crippen LogP contribution in [-0.2, 0) is 16.5 Å². The van der Waals surface area contributed by atoms with Crippen LogP contribution >= 0.6 is 15.9 Å². The molecule has 2 aliphatic rings.